The summed E-state index contributed by atoms with van der Waals surface area (Å²) in [6.45, 7) is 0. The van der Waals surface area contributed by atoms with Crippen LogP contribution in [-0.4, -0.2) is 10.1 Å². The van der Waals surface area contributed by atoms with Gasteiger partial charge in [0, 0.05) is 0 Å². The molecule has 0 unspecified atom stereocenters. The summed E-state index contributed by atoms with van der Waals surface area (Å²) < 4.78 is 10.3. The van der Waals surface area contributed by atoms with Crippen molar-refractivity contribution in [3.63, 3.8) is 0 Å². The maximum atomic E-state index is 5.76. The topological polar surface area (TPSA) is 78.1 Å². The second-order valence-electron chi connectivity index (χ2n) is 3.11. The van der Waals surface area contributed by atoms with E-state index in [1.807, 2.05) is 5.38 Å². The molecular formula is C10H7N3O2S. The van der Waals surface area contributed by atoms with E-state index in [1.54, 1.807) is 24.5 Å². The molecule has 0 spiro atoms. The molecule has 0 aliphatic heterocycles. The van der Waals surface area contributed by atoms with E-state index in [4.69, 9.17) is 14.7 Å². The van der Waals surface area contributed by atoms with Gasteiger partial charge in [-0.1, -0.05) is 5.16 Å². The molecule has 0 radical (unpaired) electrons. The third-order valence-corrected chi connectivity index (χ3v) is 2.98. The number of nitrogen functional groups attached to an aromatic ring is 1. The van der Waals surface area contributed by atoms with E-state index < -0.39 is 0 Å². The summed E-state index contributed by atoms with van der Waals surface area (Å²) in [7, 11) is 0. The Labute approximate surface area is 94.5 Å². The highest BCUT2D eigenvalue weighted by Gasteiger charge is 2.15. The van der Waals surface area contributed by atoms with Gasteiger partial charge in [-0.3, -0.25) is 0 Å². The van der Waals surface area contributed by atoms with Crippen molar-refractivity contribution in [2.45, 2.75) is 0 Å². The van der Waals surface area contributed by atoms with Crippen LogP contribution in [0.2, 0.25) is 0 Å². The van der Waals surface area contributed by atoms with Crippen molar-refractivity contribution in [3.05, 3.63) is 29.8 Å². The van der Waals surface area contributed by atoms with Crippen molar-refractivity contribution >= 4 is 17.0 Å². The van der Waals surface area contributed by atoms with Crippen molar-refractivity contribution in [1.82, 2.24) is 10.1 Å². The van der Waals surface area contributed by atoms with Crippen molar-refractivity contribution < 1.29 is 8.94 Å². The molecule has 0 fully saturated rings. The third kappa shape index (κ3) is 1.40. The third-order valence-electron chi connectivity index (χ3n) is 2.06. The smallest absolute Gasteiger partial charge is 0.270 e. The Balaban J connectivity index is 2.03. The van der Waals surface area contributed by atoms with Crippen LogP contribution in [0.3, 0.4) is 0 Å². The molecule has 0 saturated carbocycles. The maximum Gasteiger partial charge on any atom is 0.270 e. The Morgan fingerprint density at radius 1 is 1.31 bits per heavy atom. The number of furan rings is 1. The van der Waals surface area contributed by atoms with Gasteiger partial charge in [-0.2, -0.15) is 4.98 Å². The standard InChI is InChI=1S/C10H7N3O2S/c11-6-3-5-16-8(6)10-12-9(13-15-10)7-2-1-4-14-7/h1-5H,11H2. The minimum Gasteiger partial charge on any atom is -0.461 e. The Morgan fingerprint density at radius 2 is 2.25 bits per heavy atom. The number of hydrogen-bond acceptors (Lipinski definition) is 6. The van der Waals surface area contributed by atoms with Crippen LogP contribution in [-0.2, 0) is 0 Å². The molecule has 0 amide bonds. The van der Waals surface area contributed by atoms with Gasteiger partial charge in [-0.25, -0.2) is 0 Å². The maximum absolute atomic E-state index is 5.76. The Morgan fingerprint density at radius 3 is 2.94 bits per heavy atom. The lowest BCUT2D eigenvalue weighted by Gasteiger charge is -1.88. The lowest BCUT2D eigenvalue weighted by atomic mass is 10.4. The normalized spacial score (nSPS) is 10.8. The van der Waals surface area contributed by atoms with Crippen molar-refractivity contribution in [2.75, 3.05) is 5.73 Å². The van der Waals surface area contributed by atoms with E-state index in [-0.39, 0.29) is 0 Å². The van der Waals surface area contributed by atoms with Crippen LogP contribution in [0.15, 0.2) is 38.8 Å². The highest BCUT2D eigenvalue weighted by atomic mass is 32.1. The van der Waals surface area contributed by atoms with Crippen LogP contribution in [0.5, 0.6) is 0 Å². The number of nitrogens with zero attached hydrogens (tertiary/aromatic N) is 2. The van der Waals surface area contributed by atoms with E-state index in [1.165, 1.54) is 11.3 Å². The van der Waals surface area contributed by atoms with E-state index >= 15 is 0 Å². The van der Waals surface area contributed by atoms with Crippen LogP contribution >= 0.6 is 11.3 Å². The zero-order valence-corrected chi connectivity index (χ0v) is 8.90. The molecule has 0 aromatic carbocycles. The molecule has 80 valence electrons. The first-order valence-corrected chi connectivity index (χ1v) is 5.43. The highest BCUT2D eigenvalue weighted by Crippen LogP contribution is 2.31. The summed E-state index contributed by atoms with van der Waals surface area (Å²) in [5, 5.41) is 5.70. The molecule has 5 nitrogen and oxygen atoms in total. The lowest BCUT2D eigenvalue weighted by molar-refractivity contribution is 0.430. The largest absolute Gasteiger partial charge is 0.461 e. The number of aromatic nitrogens is 2. The fourth-order valence-electron chi connectivity index (χ4n) is 1.31. The van der Waals surface area contributed by atoms with Crippen LogP contribution < -0.4 is 5.73 Å². The van der Waals surface area contributed by atoms with E-state index in [9.17, 15) is 0 Å². The SMILES string of the molecule is Nc1ccsc1-c1nc(-c2ccco2)no1. The van der Waals surface area contributed by atoms with Gasteiger partial charge >= 0.3 is 0 Å². The molecule has 0 aliphatic rings. The summed E-state index contributed by atoms with van der Waals surface area (Å²) >= 11 is 1.46. The molecule has 0 bridgehead atoms. The van der Waals surface area contributed by atoms with Gasteiger partial charge in [-0.05, 0) is 23.6 Å². The van der Waals surface area contributed by atoms with Crippen LogP contribution in [0.25, 0.3) is 22.4 Å². The van der Waals surface area contributed by atoms with Crippen LogP contribution in [0.1, 0.15) is 0 Å². The number of thiophene rings is 1. The number of hydrogen-bond donors (Lipinski definition) is 1. The first kappa shape index (κ1) is 9.17. The minimum absolute atomic E-state index is 0.416. The fraction of sp³-hybridized carbons (Fsp3) is 0. The molecule has 3 aromatic heterocycles. The van der Waals surface area contributed by atoms with Crippen LogP contribution in [0, 0.1) is 0 Å². The van der Waals surface area contributed by atoms with Gasteiger partial charge in [0.15, 0.2) is 5.76 Å². The van der Waals surface area contributed by atoms with E-state index in [0.29, 0.717) is 23.2 Å². The lowest BCUT2D eigenvalue weighted by Crippen LogP contribution is -1.83. The summed E-state index contributed by atoms with van der Waals surface area (Å²) in [5.41, 5.74) is 6.40. The van der Waals surface area contributed by atoms with Gasteiger partial charge in [0.05, 0.1) is 12.0 Å². The molecular weight excluding hydrogens is 226 g/mol. The summed E-state index contributed by atoms with van der Waals surface area (Å²) in [6.07, 6.45) is 1.56. The molecule has 3 rings (SSSR count). The van der Waals surface area contributed by atoms with E-state index in [2.05, 4.69) is 10.1 Å². The van der Waals surface area contributed by atoms with Crippen LogP contribution in [0.4, 0.5) is 5.69 Å². The first-order chi connectivity index (χ1) is 7.84. The summed E-state index contributed by atoms with van der Waals surface area (Å²) in [6, 6.07) is 5.34. The zero-order chi connectivity index (χ0) is 11.0. The number of anilines is 1. The molecule has 0 aliphatic carbocycles. The van der Waals surface area contributed by atoms with Crippen molar-refractivity contribution in [2.24, 2.45) is 0 Å². The Kier molecular flexibility index (Phi) is 2.00. The first-order valence-electron chi connectivity index (χ1n) is 4.55. The molecule has 3 heterocycles. The van der Waals surface area contributed by atoms with E-state index in [0.717, 1.165) is 4.88 Å². The predicted molar refractivity (Wildman–Crippen MR) is 59.7 cm³/mol. The monoisotopic (exact) mass is 233 g/mol. The number of rotatable bonds is 2. The van der Waals surface area contributed by atoms with Gasteiger partial charge < -0.3 is 14.7 Å². The molecule has 2 N–H and O–H groups in total. The predicted octanol–water partition coefficient (Wildman–Crippen LogP) is 2.64. The van der Waals surface area contributed by atoms with Gasteiger partial charge in [0.2, 0.25) is 5.82 Å². The molecule has 0 atom stereocenters. The quantitative estimate of drug-likeness (QED) is 0.736. The molecule has 0 saturated heterocycles. The zero-order valence-electron chi connectivity index (χ0n) is 8.08. The van der Waals surface area contributed by atoms with Gasteiger partial charge in [0.1, 0.15) is 4.88 Å². The second kappa shape index (κ2) is 3.49. The summed E-state index contributed by atoms with van der Waals surface area (Å²) in [4.78, 5) is 5.00. The second-order valence-corrected chi connectivity index (χ2v) is 4.02. The van der Waals surface area contributed by atoms with Crippen molar-refractivity contribution in [1.29, 1.82) is 0 Å². The Hall–Kier alpha value is -2.08. The van der Waals surface area contributed by atoms with Gasteiger partial charge in [0.25, 0.3) is 5.89 Å². The molecule has 16 heavy (non-hydrogen) atoms. The average molecular weight is 233 g/mol. The van der Waals surface area contributed by atoms with Gasteiger partial charge in [-0.15, -0.1) is 11.3 Å². The van der Waals surface area contributed by atoms with Crippen molar-refractivity contribution in [3.8, 4) is 22.4 Å². The molecule has 3 aromatic rings. The fourth-order valence-corrected chi connectivity index (χ4v) is 2.05. The highest BCUT2D eigenvalue weighted by molar-refractivity contribution is 7.14. The minimum atomic E-state index is 0.416. The summed E-state index contributed by atoms with van der Waals surface area (Å²) in [5.74, 6) is 1.41. The average Bonchev–Trinajstić information content (AvgIpc) is 2.96. The Bertz CT molecular complexity index is 597. The molecule has 6 heteroatoms. The number of nitrogens with two attached hydrogens (primary N) is 1.